The summed E-state index contributed by atoms with van der Waals surface area (Å²) in [6, 6.07) is 5.42. The largest absolute Gasteiger partial charge is 0.387 e. The van der Waals surface area contributed by atoms with Crippen molar-refractivity contribution in [2.75, 3.05) is 45.1 Å². The van der Waals surface area contributed by atoms with Gasteiger partial charge in [0.15, 0.2) is 0 Å². The number of nitrogens with one attached hydrogen (secondary N) is 1. The van der Waals surface area contributed by atoms with Gasteiger partial charge in [-0.2, -0.15) is 0 Å². The lowest BCUT2D eigenvalue weighted by Gasteiger charge is -2.35. The number of benzene rings is 1. The van der Waals surface area contributed by atoms with Gasteiger partial charge in [-0.1, -0.05) is 11.6 Å². The lowest BCUT2D eigenvalue weighted by atomic mass is 10.1. The highest BCUT2D eigenvalue weighted by atomic mass is 35.5. The molecule has 0 atom stereocenters. The van der Waals surface area contributed by atoms with E-state index in [2.05, 4.69) is 10.2 Å². The van der Waals surface area contributed by atoms with Crippen molar-refractivity contribution in [2.24, 2.45) is 5.92 Å². The van der Waals surface area contributed by atoms with Gasteiger partial charge in [0, 0.05) is 50.5 Å². The number of carbonyl (C=O) groups excluding carboxylic acids is 1. The number of hydrogen-bond donors (Lipinski definition) is 1. The quantitative estimate of drug-likeness (QED) is 0.928. The Morgan fingerprint density at radius 2 is 2.00 bits per heavy atom. The fraction of sp³-hybridized carbons (Fsp3) is 0.562. The molecule has 1 N–H and O–H groups in total. The Hall–Kier alpha value is -1.26. The van der Waals surface area contributed by atoms with Crippen LogP contribution >= 0.6 is 11.6 Å². The Labute approximate surface area is 131 Å². The number of nitrogens with zero attached hydrogens (tertiary/aromatic N) is 2. The van der Waals surface area contributed by atoms with Crippen molar-refractivity contribution >= 4 is 23.2 Å². The van der Waals surface area contributed by atoms with Crippen LogP contribution in [0, 0.1) is 5.92 Å². The van der Waals surface area contributed by atoms with E-state index in [9.17, 15) is 4.79 Å². The molecular weight excluding hydrogens is 286 g/mol. The number of amides is 1. The molecular formula is C16H22ClN3O. The minimum atomic E-state index is 0.0768. The molecule has 1 saturated heterocycles. The van der Waals surface area contributed by atoms with Gasteiger partial charge in [-0.3, -0.25) is 9.69 Å². The molecule has 2 fully saturated rings. The van der Waals surface area contributed by atoms with Crippen LogP contribution in [0.4, 0.5) is 5.69 Å². The molecule has 5 heteroatoms. The fourth-order valence-corrected chi connectivity index (χ4v) is 3.05. The van der Waals surface area contributed by atoms with Gasteiger partial charge in [0.2, 0.25) is 0 Å². The number of halogens is 1. The molecule has 1 aliphatic carbocycles. The van der Waals surface area contributed by atoms with Gasteiger partial charge >= 0.3 is 0 Å². The highest BCUT2D eigenvalue weighted by Crippen LogP contribution is 2.30. The van der Waals surface area contributed by atoms with E-state index in [0.717, 1.165) is 37.8 Å². The number of hydrogen-bond acceptors (Lipinski definition) is 3. The molecule has 21 heavy (non-hydrogen) atoms. The highest BCUT2D eigenvalue weighted by molar-refractivity contribution is 6.31. The van der Waals surface area contributed by atoms with Crippen LogP contribution in [0.2, 0.25) is 5.02 Å². The van der Waals surface area contributed by atoms with E-state index in [4.69, 9.17) is 11.6 Å². The fourth-order valence-electron chi connectivity index (χ4n) is 2.88. The summed E-state index contributed by atoms with van der Waals surface area (Å²) in [5.74, 6) is 0.990. The van der Waals surface area contributed by atoms with Gasteiger partial charge in [0.25, 0.3) is 5.91 Å². The topological polar surface area (TPSA) is 35.6 Å². The number of piperazine rings is 1. The highest BCUT2D eigenvalue weighted by Gasteiger charge is 2.28. The van der Waals surface area contributed by atoms with Gasteiger partial charge < -0.3 is 10.2 Å². The molecule has 1 aliphatic heterocycles. The zero-order valence-electron chi connectivity index (χ0n) is 12.4. The summed E-state index contributed by atoms with van der Waals surface area (Å²) in [5.41, 5.74) is 1.51. The summed E-state index contributed by atoms with van der Waals surface area (Å²) in [4.78, 5) is 17.1. The van der Waals surface area contributed by atoms with Gasteiger partial charge in [-0.15, -0.1) is 0 Å². The summed E-state index contributed by atoms with van der Waals surface area (Å²) >= 11 is 6.04. The van der Waals surface area contributed by atoms with Crippen molar-refractivity contribution in [3.05, 3.63) is 28.8 Å². The predicted octanol–water partition coefficient (Wildman–Crippen LogP) is 2.55. The van der Waals surface area contributed by atoms with E-state index in [0.29, 0.717) is 10.6 Å². The number of rotatable bonds is 4. The summed E-state index contributed by atoms with van der Waals surface area (Å²) in [7, 11) is 1.83. The third-order valence-electron chi connectivity index (χ3n) is 4.35. The second-order valence-corrected chi connectivity index (χ2v) is 6.41. The molecule has 4 nitrogen and oxygen atoms in total. The van der Waals surface area contributed by atoms with Crippen molar-refractivity contribution in [3.8, 4) is 0 Å². The molecule has 1 amide bonds. The average Bonchev–Trinajstić information content (AvgIpc) is 3.31. The van der Waals surface area contributed by atoms with E-state index in [1.54, 1.807) is 12.1 Å². The molecule has 0 radical (unpaired) electrons. The zero-order chi connectivity index (χ0) is 14.8. The van der Waals surface area contributed by atoms with Gasteiger partial charge in [0.05, 0.1) is 5.56 Å². The molecule has 3 rings (SSSR count). The van der Waals surface area contributed by atoms with E-state index < -0.39 is 0 Å². The molecule has 0 aromatic heterocycles. The van der Waals surface area contributed by atoms with Crippen molar-refractivity contribution < 1.29 is 4.79 Å². The summed E-state index contributed by atoms with van der Waals surface area (Å²) in [6.07, 6.45) is 2.76. The molecule has 1 heterocycles. The molecule has 114 valence electrons. The number of anilines is 1. The maximum absolute atomic E-state index is 12.7. The normalized spacial score (nSPS) is 19.6. The van der Waals surface area contributed by atoms with Gasteiger partial charge in [0.1, 0.15) is 0 Å². The lowest BCUT2D eigenvalue weighted by Crippen LogP contribution is -2.49. The first-order valence-corrected chi connectivity index (χ1v) is 8.04. The minimum absolute atomic E-state index is 0.0768. The molecule has 1 aromatic rings. The maximum atomic E-state index is 12.7. The van der Waals surface area contributed by atoms with Crippen molar-refractivity contribution in [1.82, 2.24) is 9.80 Å². The Balaban J connectivity index is 1.64. The monoisotopic (exact) mass is 307 g/mol. The molecule has 1 saturated carbocycles. The zero-order valence-corrected chi connectivity index (χ0v) is 13.2. The van der Waals surface area contributed by atoms with Crippen molar-refractivity contribution in [3.63, 3.8) is 0 Å². The van der Waals surface area contributed by atoms with Crippen LogP contribution in [-0.2, 0) is 0 Å². The van der Waals surface area contributed by atoms with Crippen molar-refractivity contribution in [2.45, 2.75) is 12.8 Å². The van der Waals surface area contributed by atoms with Crippen LogP contribution in [-0.4, -0.2) is 55.5 Å². The first-order valence-electron chi connectivity index (χ1n) is 7.66. The van der Waals surface area contributed by atoms with E-state index in [-0.39, 0.29) is 5.91 Å². The van der Waals surface area contributed by atoms with Crippen LogP contribution in [0.5, 0.6) is 0 Å². The minimum Gasteiger partial charge on any atom is -0.387 e. The number of carbonyl (C=O) groups is 1. The molecule has 0 spiro atoms. The van der Waals surface area contributed by atoms with Gasteiger partial charge in [-0.25, -0.2) is 0 Å². The molecule has 0 bridgehead atoms. The predicted molar refractivity (Wildman–Crippen MR) is 86.1 cm³/mol. The Morgan fingerprint density at radius 1 is 1.29 bits per heavy atom. The maximum Gasteiger partial charge on any atom is 0.256 e. The third kappa shape index (κ3) is 3.50. The van der Waals surface area contributed by atoms with Crippen LogP contribution in [0.1, 0.15) is 23.2 Å². The van der Waals surface area contributed by atoms with Crippen LogP contribution in [0.25, 0.3) is 0 Å². The first-order chi connectivity index (χ1) is 10.2. The summed E-state index contributed by atoms with van der Waals surface area (Å²) in [5, 5.41) is 3.67. The Kier molecular flexibility index (Phi) is 4.36. The Morgan fingerprint density at radius 3 is 2.62 bits per heavy atom. The van der Waals surface area contributed by atoms with E-state index in [1.165, 1.54) is 19.4 Å². The summed E-state index contributed by atoms with van der Waals surface area (Å²) in [6.45, 7) is 4.79. The van der Waals surface area contributed by atoms with E-state index in [1.807, 2.05) is 18.0 Å². The smallest absolute Gasteiger partial charge is 0.256 e. The summed E-state index contributed by atoms with van der Waals surface area (Å²) < 4.78 is 0. The second-order valence-electron chi connectivity index (χ2n) is 5.98. The standard InChI is InChI=1S/C16H22ClN3O/c1-18-15-5-4-13(17)10-14(15)16(21)20-8-6-19(7-9-20)11-12-2-3-12/h4-5,10,12,18H,2-3,6-9,11H2,1H3. The molecule has 2 aliphatic rings. The molecule has 1 aromatic carbocycles. The van der Waals surface area contributed by atoms with E-state index >= 15 is 0 Å². The van der Waals surface area contributed by atoms with Crippen molar-refractivity contribution in [1.29, 1.82) is 0 Å². The lowest BCUT2D eigenvalue weighted by molar-refractivity contribution is 0.0633. The van der Waals surface area contributed by atoms with Crippen LogP contribution in [0.3, 0.4) is 0 Å². The molecule has 0 unspecified atom stereocenters. The van der Waals surface area contributed by atoms with Gasteiger partial charge in [-0.05, 0) is 37.0 Å². The average molecular weight is 308 g/mol. The third-order valence-corrected chi connectivity index (χ3v) is 4.59. The second kappa shape index (κ2) is 6.24. The SMILES string of the molecule is CNc1ccc(Cl)cc1C(=O)N1CCN(CC2CC2)CC1. The van der Waals surface area contributed by atoms with Crippen LogP contribution < -0.4 is 5.32 Å². The van der Waals surface area contributed by atoms with Crippen LogP contribution in [0.15, 0.2) is 18.2 Å². The Bertz CT molecular complexity index is 522. The first kappa shape index (κ1) is 14.7.